The van der Waals surface area contributed by atoms with Gasteiger partial charge in [0.25, 0.3) is 0 Å². The first-order valence-electron chi connectivity index (χ1n) is 8.51. The molecule has 1 saturated heterocycles. The highest BCUT2D eigenvalue weighted by Crippen LogP contribution is 2.23. The number of furan rings is 1. The van der Waals surface area contributed by atoms with Gasteiger partial charge in [-0.1, -0.05) is 18.2 Å². The van der Waals surface area contributed by atoms with Crippen molar-refractivity contribution in [3.8, 4) is 0 Å². The number of hydrogen-bond acceptors (Lipinski definition) is 4. The number of nitrogens with zero attached hydrogens (tertiary/aromatic N) is 1. The Bertz CT molecular complexity index is 710. The number of benzene rings is 1. The molecule has 1 amide bonds. The lowest BCUT2D eigenvalue weighted by molar-refractivity contribution is -0.120. The minimum absolute atomic E-state index is 0.0275. The average Bonchev–Trinajstić information content (AvgIpc) is 3.04. The second kappa shape index (κ2) is 8.27. The molecule has 134 valence electrons. The fourth-order valence-electron chi connectivity index (χ4n) is 3.02. The third kappa shape index (κ3) is 4.67. The van der Waals surface area contributed by atoms with E-state index >= 15 is 0 Å². The number of ether oxygens (including phenoxy) is 1. The van der Waals surface area contributed by atoms with Gasteiger partial charge in [-0.25, -0.2) is 4.39 Å². The third-order valence-corrected chi connectivity index (χ3v) is 4.38. The number of rotatable bonds is 6. The summed E-state index contributed by atoms with van der Waals surface area (Å²) in [7, 11) is 0. The van der Waals surface area contributed by atoms with E-state index in [1.54, 1.807) is 18.2 Å². The molecule has 0 saturated carbocycles. The van der Waals surface area contributed by atoms with E-state index in [0.717, 1.165) is 24.6 Å². The average molecular weight is 346 g/mol. The summed E-state index contributed by atoms with van der Waals surface area (Å²) in [5.74, 6) is 1.10. The van der Waals surface area contributed by atoms with Crippen molar-refractivity contribution in [1.82, 2.24) is 10.2 Å². The number of nitrogens with one attached hydrogen (secondary N) is 1. The Labute approximate surface area is 146 Å². The highest BCUT2D eigenvalue weighted by atomic mass is 19.1. The Morgan fingerprint density at radius 1 is 1.24 bits per heavy atom. The standard InChI is InChI=1S/C19H23FN2O3/c1-14-6-7-18(25-14)17(22-8-10-24-11-9-22)13-21-19(23)12-15-4-2-3-5-16(15)20/h2-7,17H,8-13H2,1H3,(H,21,23). The van der Waals surface area contributed by atoms with Crippen molar-refractivity contribution < 1.29 is 18.3 Å². The maximum atomic E-state index is 13.7. The van der Waals surface area contributed by atoms with E-state index in [2.05, 4.69) is 10.2 Å². The van der Waals surface area contributed by atoms with E-state index in [1.165, 1.54) is 6.07 Å². The molecule has 0 bridgehead atoms. The predicted octanol–water partition coefficient (Wildman–Crippen LogP) is 2.46. The van der Waals surface area contributed by atoms with E-state index in [0.29, 0.717) is 25.3 Å². The molecule has 0 spiro atoms. The van der Waals surface area contributed by atoms with E-state index in [4.69, 9.17) is 9.15 Å². The number of amides is 1. The number of carbonyl (C=O) groups excluding carboxylic acids is 1. The summed E-state index contributed by atoms with van der Waals surface area (Å²) in [5, 5.41) is 2.92. The van der Waals surface area contributed by atoms with Crippen molar-refractivity contribution in [2.45, 2.75) is 19.4 Å². The Morgan fingerprint density at radius 3 is 2.68 bits per heavy atom. The minimum atomic E-state index is -0.357. The first-order valence-corrected chi connectivity index (χ1v) is 8.51. The van der Waals surface area contributed by atoms with E-state index in [1.807, 2.05) is 19.1 Å². The van der Waals surface area contributed by atoms with E-state index in [9.17, 15) is 9.18 Å². The number of halogens is 1. The molecule has 2 aromatic rings. The van der Waals surface area contributed by atoms with Crippen molar-refractivity contribution in [1.29, 1.82) is 0 Å². The molecule has 1 N–H and O–H groups in total. The zero-order chi connectivity index (χ0) is 17.6. The lowest BCUT2D eigenvalue weighted by Gasteiger charge is -2.33. The fraction of sp³-hybridized carbons (Fsp3) is 0.421. The van der Waals surface area contributed by atoms with Gasteiger partial charge in [0.05, 0.1) is 25.7 Å². The van der Waals surface area contributed by atoms with Crippen LogP contribution in [0.3, 0.4) is 0 Å². The molecule has 1 aliphatic rings. The normalized spacial score (nSPS) is 16.6. The van der Waals surface area contributed by atoms with Crippen molar-refractivity contribution >= 4 is 5.91 Å². The Morgan fingerprint density at radius 2 is 2.00 bits per heavy atom. The van der Waals surface area contributed by atoms with Gasteiger partial charge in [-0.3, -0.25) is 9.69 Å². The van der Waals surface area contributed by atoms with E-state index < -0.39 is 0 Å². The number of hydrogen-bond donors (Lipinski definition) is 1. The maximum Gasteiger partial charge on any atom is 0.224 e. The van der Waals surface area contributed by atoms with Crippen LogP contribution in [0.15, 0.2) is 40.8 Å². The molecule has 1 unspecified atom stereocenters. The van der Waals surface area contributed by atoms with Crippen molar-refractivity contribution in [3.63, 3.8) is 0 Å². The summed E-state index contributed by atoms with van der Waals surface area (Å²) in [6.45, 7) is 5.22. The summed E-state index contributed by atoms with van der Waals surface area (Å²) in [5.41, 5.74) is 0.400. The van der Waals surface area contributed by atoms with Gasteiger partial charge in [0, 0.05) is 19.6 Å². The van der Waals surface area contributed by atoms with Gasteiger partial charge in [-0.2, -0.15) is 0 Å². The SMILES string of the molecule is Cc1ccc(C(CNC(=O)Cc2ccccc2F)N2CCOCC2)o1. The molecule has 5 nitrogen and oxygen atoms in total. The Hall–Kier alpha value is -2.18. The van der Waals surface area contributed by atoms with Gasteiger partial charge in [0.1, 0.15) is 17.3 Å². The number of aryl methyl sites for hydroxylation is 1. The van der Waals surface area contributed by atoms with Crippen LogP contribution in [0.25, 0.3) is 0 Å². The lowest BCUT2D eigenvalue weighted by atomic mass is 10.1. The molecule has 3 rings (SSSR count). The molecule has 0 radical (unpaired) electrons. The van der Waals surface area contributed by atoms with Crippen LogP contribution in [0, 0.1) is 12.7 Å². The quantitative estimate of drug-likeness (QED) is 0.873. The largest absolute Gasteiger partial charge is 0.465 e. The molecule has 2 heterocycles. The molecular weight excluding hydrogens is 323 g/mol. The molecule has 1 fully saturated rings. The van der Waals surface area contributed by atoms with Gasteiger partial charge in [-0.15, -0.1) is 0 Å². The molecule has 1 aliphatic heterocycles. The second-order valence-electron chi connectivity index (χ2n) is 6.18. The van der Waals surface area contributed by atoms with Gasteiger partial charge >= 0.3 is 0 Å². The molecule has 0 aliphatic carbocycles. The van der Waals surface area contributed by atoms with Gasteiger partial charge in [0.2, 0.25) is 5.91 Å². The predicted molar refractivity (Wildman–Crippen MR) is 91.7 cm³/mol. The van der Waals surface area contributed by atoms with Crippen molar-refractivity contribution in [2.24, 2.45) is 0 Å². The first kappa shape index (κ1) is 17.6. The van der Waals surface area contributed by atoms with Crippen LogP contribution >= 0.6 is 0 Å². The maximum absolute atomic E-state index is 13.7. The summed E-state index contributed by atoms with van der Waals surface area (Å²) < 4.78 is 24.9. The van der Waals surface area contributed by atoms with Crippen LogP contribution in [0.1, 0.15) is 23.1 Å². The van der Waals surface area contributed by atoms with Crippen molar-refractivity contribution in [3.05, 3.63) is 59.3 Å². The van der Waals surface area contributed by atoms with E-state index in [-0.39, 0.29) is 24.2 Å². The van der Waals surface area contributed by atoms with Gasteiger partial charge < -0.3 is 14.5 Å². The van der Waals surface area contributed by atoms with Crippen LogP contribution in [0.4, 0.5) is 4.39 Å². The van der Waals surface area contributed by atoms with Gasteiger partial charge in [0.15, 0.2) is 0 Å². The molecule has 6 heteroatoms. The minimum Gasteiger partial charge on any atom is -0.465 e. The van der Waals surface area contributed by atoms with Crippen molar-refractivity contribution in [2.75, 3.05) is 32.8 Å². The molecule has 1 aromatic carbocycles. The molecule has 25 heavy (non-hydrogen) atoms. The topological polar surface area (TPSA) is 54.7 Å². The lowest BCUT2D eigenvalue weighted by Crippen LogP contribution is -2.44. The number of carbonyl (C=O) groups is 1. The highest BCUT2D eigenvalue weighted by Gasteiger charge is 2.25. The zero-order valence-corrected chi connectivity index (χ0v) is 14.3. The zero-order valence-electron chi connectivity index (χ0n) is 14.3. The first-order chi connectivity index (χ1) is 12.1. The summed E-state index contributed by atoms with van der Waals surface area (Å²) in [6, 6.07) is 10.2. The highest BCUT2D eigenvalue weighted by molar-refractivity contribution is 5.78. The third-order valence-electron chi connectivity index (χ3n) is 4.38. The Kier molecular flexibility index (Phi) is 5.83. The molecular formula is C19H23FN2O3. The summed E-state index contributed by atoms with van der Waals surface area (Å²) in [6.07, 6.45) is 0.0275. The Balaban J connectivity index is 1.63. The van der Waals surface area contributed by atoms with Crippen LogP contribution in [-0.2, 0) is 16.0 Å². The monoisotopic (exact) mass is 346 g/mol. The second-order valence-corrected chi connectivity index (χ2v) is 6.18. The summed E-state index contributed by atoms with van der Waals surface area (Å²) in [4.78, 5) is 14.5. The summed E-state index contributed by atoms with van der Waals surface area (Å²) >= 11 is 0. The van der Waals surface area contributed by atoms with Crippen LogP contribution in [0.5, 0.6) is 0 Å². The van der Waals surface area contributed by atoms with Crippen LogP contribution < -0.4 is 5.32 Å². The number of morpholine rings is 1. The molecule has 1 atom stereocenters. The molecule has 1 aromatic heterocycles. The fourth-order valence-corrected chi connectivity index (χ4v) is 3.02. The van der Waals surface area contributed by atoms with Gasteiger partial charge in [-0.05, 0) is 30.7 Å². The van der Waals surface area contributed by atoms with Crippen LogP contribution in [0.2, 0.25) is 0 Å². The van der Waals surface area contributed by atoms with Crippen LogP contribution in [-0.4, -0.2) is 43.7 Å². The smallest absolute Gasteiger partial charge is 0.224 e.